The molecule has 0 bridgehead atoms. The Bertz CT molecular complexity index is 3670. The number of para-hydroxylation sites is 2. The molecule has 2 aromatic heterocycles. The van der Waals surface area contributed by atoms with Crippen molar-refractivity contribution >= 4 is 50.6 Å². The zero-order valence-corrected chi connectivity index (χ0v) is 35.3. The van der Waals surface area contributed by atoms with E-state index in [1.54, 1.807) is 0 Å². The Labute approximate surface area is 366 Å². The largest absolute Gasteiger partial charge is 0.309 e. The highest BCUT2D eigenvalue weighted by Crippen LogP contribution is 2.45. The highest BCUT2D eigenvalue weighted by atomic mass is 28.3. The predicted octanol–water partition coefficient (Wildman–Crippen LogP) is 11.5. The van der Waals surface area contributed by atoms with Crippen molar-refractivity contribution in [3.8, 4) is 73.0 Å². The molecule has 2 aliphatic heterocycles. The molecule has 9 aromatic carbocycles. The van der Waals surface area contributed by atoms with Gasteiger partial charge in [-0.3, -0.25) is 0 Å². The summed E-state index contributed by atoms with van der Waals surface area (Å²) in [4.78, 5) is 10.9. The van der Waals surface area contributed by atoms with Gasteiger partial charge in [0.1, 0.15) is 0 Å². The maximum absolute atomic E-state index is 5.48. The van der Waals surface area contributed by atoms with Crippen molar-refractivity contribution in [2.45, 2.75) is 6.42 Å². The van der Waals surface area contributed by atoms with E-state index in [0.29, 0.717) is 0 Å². The van der Waals surface area contributed by atoms with Crippen LogP contribution in [0.1, 0.15) is 11.1 Å². The Morgan fingerprint density at radius 1 is 0.365 bits per heavy atom. The van der Waals surface area contributed by atoms with Crippen LogP contribution in [0.4, 0.5) is 0 Å². The number of fused-ring (bicyclic) bond motifs is 16. The lowest BCUT2D eigenvalue weighted by Gasteiger charge is -2.27. The van der Waals surface area contributed by atoms with Crippen molar-refractivity contribution in [3.05, 3.63) is 223 Å². The fourth-order valence-electron chi connectivity index (χ4n) is 11.4. The molecule has 0 saturated carbocycles. The summed E-state index contributed by atoms with van der Waals surface area (Å²) in [5.74, 6) is 0.753. The highest BCUT2D eigenvalue weighted by Gasteiger charge is 2.53. The van der Waals surface area contributed by atoms with Gasteiger partial charge in [0.2, 0.25) is 0 Å². The molecular weight excluding hydrogens is 779 g/mol. The molecular formula is C59H37N3Si. The molecule has 0 unspecified atom stereocenters. The first-order chi connectivity index (χ1) is 31.2. The second kappa shape index (κ2) is 13.0. The van der Waals surface area contributed by atoms with E-state index in [2.05, 4.69) is 217 Å². The van der Waals surface area contributed by atoms with Gasteiger partial charge in [-0.15, -0.1) is 0 Å². The monoisotopic (exact) mass is 815 g/mol. The van der Waals surface area contributed by atoms with Crippen LogP contribution in [0.2, 0.25) is 0 Å². The summed E-state index contributed by atoms with van der Waals surface area (Å²) in [5.41, 5.74) is 19.3. The number of hydrogen-bond donors (Lipinski definition) is 0. The van der Waals surface area contributed by atoms with Crippen LogP contribution in [-0.4, -0.2) is 22.6 Å². The fraction of sp³-hybridized carbons (Fsp3) is 0.0169. The molecule has 0 saturated heterocycles. The summed E-state index contributed by atoms with van der Waals surface area (Å²) >= 11 is 0. The Morgan fingerprint density at radius 2 is 0.905 bits per heavy atom. The second-order valence-corrected chi connectivity index (χ2v) is 20.9. The van der Waals surface area contributed by atoms with Crippen LogP contribution in [0.3, 0.4) is 0 Å². The summed E-state index contributed by atoms with van der Waals surface area (Å²) in [5, 5.41) is 8.43. The number of nitrogens with zero attached hydrogens (tertiary/aromatic N) is 3. The molecule has 4 heteroatoms. The molecule has 0 atom stereocenters. The molecule has 1 spiro atoms. The minimum absolute atomic E-state index is 0.753. The quantitative estimate of drug-likeness (QED) is 0.166. The lowest BCUT2D eigenvalue weighted by atomic mass is 9.98. The van der Waals surface area contributed by atoms with E-state index in [4.69, 9.17) is 9.97 Å². The van der Waals surface area contributed by atoms with Crippen LogP contribution in [0.25, 0.3) is 94.8 Å². The third-order valence-corrected chi connectivity index (χ3v) is 19.0. The zero-order valence-electron chi connectivity index (χ0n) is 34.3. The predicted molar refractivity (Wildman–Crippen MR) is 263 cm³/mol. The van der Waals surface area contributed by atoms with Crippen LogP contribution >= 0.6 is 0 Å². The lowest BCUT2D eigenvalue weighted by Crippen LogP contribution is -2.70. The second-order valence-electron chi connectivity index (χ2n) is 17.2. The molecule has 0 fully saturated rings. The first-order valence-electron chi connectivity index (χ1n) is 21.9. The van der Waals surface area contributed by atoms with Gasteiger partial charge in [-0.05, 0) is 102 Å². The summed E-state index contributed by atoms with van der Waals surface area (Å²) < 4.78 is 2.38. The van der Waals surface area contributed by atoms with Crippen molar-refractivity contribution in [2.24, 2.45) is 0 Å². The smallest absolute Gasteiger partial charge is 0.182 e. The molecule has 0 radical (unpaired) electrons. The molecule has 63 heavy (non-hydrogen) atoms. The van der Waals surface area contributed by atoms with E-state index in [1.807, 2.05) is 0 Å². The van der Waals surface area contributed by atoms with Crippen molar-refractivity contribution < 1.29 is 0 Å². The maximum atomic E-state index is 5.48. The molecule has 1 aliphatic carbocycles. The van der Waals surface area contributed by atoms with Gasteiger partial charge in [0.25, 0.3) is 0 Å². The third kappa shape index (κ3) is 4.78. The molecule has 0 amide bonds. The van der Waals surface area contributed by atoms with Gasteiger partial charge >= 0.3 is 0 Å². The summed E-state index contributed by atoms with van der Waals surface area (Å²) in [6, 6.07) is 78.6. The molecule has 3 aliphatic rings. The summed E-state index contributed by atoms with van der Waals surface area (Å²) in [7, 11) is -2.53. The first kappa shape index (κ1) is 34.8. The van der Waals surface area contributed by atoms with Crippen LogP contribution in [0.15, 0.2) is 212 Å². The Morgan fingerprint density at radius 3 is 1.65 bits per heavy atom. The molecule has 3 nitrogen and oxygen atoms in total. The van der Waals surface area contributed by atoms with E-state index in [-0.39, 0.29) is 0 Å². The standard InChI is InChI=1S/C59H37N3Si/c1-3-15-37(16-4-1)59-60-57(41-30-32-56-49(36-41)46-22-10-14-26-55(46)63(56)53-24-12-8-20-44(53)45-21-9-13-25-54(45)63)50-35-40-28-27-38(33-47(40)58(50)61-59)39-29-31-52-48(34-39)43-19-7-11-23-51(43)62(52)42-17-5-2-6-18-42/h1-34,36H,35H2. The van der Waals surface area contributed by atoms with Gasteiger partial charge in [0.05, 0.1) is 22.4 Å². The average molecular weight is 816 g/mol. The third-order valence-electron chi connectivity index (χ3n) is 14.1. The van der Waals surface area contributed by atoms with Gasteiger partial charge < -0.3 is 4.57 Å². The Kier molecular flexibility index (Phi) is 7.19. The van der Waals surface area contributed by atoms with Crippen LogP contribution in [0, 0.1) is 0 Å². The molecule has 11 aromatic rings. The first-order valence-corrected chi connectivity index (χ1v) is 23.9. The molecule has 292 valence electrons. The van der Waals surface area contributed by atoms with Crippen LogP contribution in [0.5, 0.6) is 0 Å². The van der Waals surface area contributed by atoms with Crippen molar-refractivity contribution in [3.63, 3.8) is 0 Å². The zero-order chi connectivity index (χ0) is 41.2. The number of aromatic nitrogens is 3. The van der Waals surface area contributed by atoms with E-state index in [9.17, 15) is 0 Å². The summed E-state index contributed by atoms with van der Waals surface area (Å²) in [6.45, 7) is 0. The van der Waals surface area contributed by atoms with E-state index in [0.717, 1.165) is 34.8 Å². The van der Waals surface area contributed by atoms with Gasteiger partial charge in [0, 0.05) is 45.1 Å². The number of hydrogen-bond acceptors (Lipinski definition) is 2. The highest BCUT2D eigenvalue weighted by molar-refractivity contribution is 7.24. The molecule has 14 rings (SSSR count). The van der Waals surface area contributed by atoms with E-state index in [1.165, 1.54) is 98.3 Å². The topological polar surface area (TPSA) is 30.7 Å². The fourth-order valence-corrected chi connectivity index (χ4v) is 17.0. The minimum atomic E-state index is -2.53. The summed E-state index contributed by atoms with van der Waals surface area (Å²) in [6.07, 6.45) is 0.784. The number of rotatable bonds is 4. The van der Waals surface area contributed by atoms with Crippen molar-refractivity contribution in [1.82, 2.24) is 14.5 Å². The van der Waals surface area contributed by atoms with Crippen LogP contribution < -0.4 is 20.7 Å². The SMILES string of the molecule is c1ccc(-c2nc(-c3ccc4c(c3)-c3ccccc3[Si]43c4ccccc4-c4ccccc43)c3c(n2)-c2cc(-c4ccc5c(c4)c4ccccc4n5-c4ccccc4)ccc2C3)cc1. The Balaban J connectivity index is 0.943. The van der Waals surface area contributed by atoms with Gasteiger partial charge in [0.15, 0.2) is 13.9 Å². The van der Waals surface area contributed by atoms with E-state index >= 15 is 0 Å². The van der Waals surface area contributed by atoms with Gasteiger partial charge in [-0.2, -0.15) is 0 Å². The van der Waals surface area contributed by atoms with E-state index < -0.39 is 8.07 Å². The number of benzene rings is 9. The van der Waals surface area contributed by atoms with Crippen molar-refractivity contribution in [2.75, 3.05) is 0 Å². The normalized spacial score (nSPS) is 13.5. The maximum Gasteiger partial charge on any atom is 0.182 e. The average Bonchev–Trinajstić information content (AvgIpc) is 4.07. The van der Waals surface area contributed by atoms with Crippen molar-refractivity contribution in [1.29, 1.82) is 0 Å². The van der Waals surface area contributed by atoms with Crippen LogP contribution in [-0.2, 0) is 6.42 Å². The Hall–Kier alpha value is -7.92. The molecule has 4 heterocycles. The minimum Gasteiger partial charge on any atom is -0.309 e. The lowest BCUT2D eigenvalue weighted by molar-refractivity contribution is 1.13. The molecule has 0 N–H and O–H groups in total. The van der Waals surface area contributed by atoms with Gasteiger partial charge in [-0.25, -0.2) is 9.97 Å². The van der Waals surface area contributed by atoms with Gasteiger partial charge in [-0.1, -0.05) is 170 Å².